The number of nitrogens with zero attached hydrogens (tertiary/aromatic N) is 2. The predicted octanol–water partition coefficient (Wildman–Crippen LogP) is 2.20. The molecule has 0 fully saturated rings. The number of hydrogen-bond donors (Lipinski definition) is 1. The predicted molar refractivity (Wildman–Crippen MR) is 72.8 cm³/mol. The van der Waals surface area contributed by atoms with Crippen molar-refractivity contribution in [2.75, 3.05) is 20.1 Å². The Morgan fingerprint density at radius 3 is 2.82 bits per heavy atom. The molecule has 17 heavy (non-hydrogen) atoms. The van der Waals surface area contributed by atoms with Gasteiger partial charge in [-0.1, -0.05) is 13.0 Å². The molecule has 0 aliphatic rings. The summed E-state index contributed by atoms with van der Waals surface area (Å²) in [6, 6.07) is 6.19. The van der Waals surface area contributed by atoms with Gasteiger partial charge in [0.05, 0.1) is 5.69 Å². The zero-order valence-electron chi connectivity index (χ0n) is 11.3. The number of pyridine rings is 1. The van der Waals surface area contributed by atoms with Gasteiger partial charge in [0.1, 0.15) is 0 Å². The van der Waals surface area contributed by atoms with Crippen molar-refractivity contribution < 1.29 is 0 Å². The second-order valence-corrected chi connectivity index (χ2v) is 4.99. The zero-order chi connectivity index (χ0) is 12.7. The molecule has 3 heteroatoms. The maximum Gasteiger partial charge on any atom is 0.0547 e. The monoisotopic (exact) mass is 235 g/mol. The number of aryl methyl sites for hydroxylation is 1. The van der Waals surface area contributed by atoms with E-state index < -0.39 is 0 Å². The molecule has 0 spiro atoms. The van der Waals surface area contributed by atoms with Crippen molar-refractivity contribution in [3.05, 3.63) is 29.6 Å². The molecule has 0 radical (unpaired) electrons. The normalized spacial score (nSPS) is 13.0. The smallest absolute Gasteiger partial charge is 0.0547 e. The summed E-state index contributed by atoms with van der Waals surface area (Å²) in [6.45, 7) is 7.08. The molecule has 0 saturated heterocycles. The third-order valence-electron chi connectivity index (χ3n) is 3.02. The molecule has 0 aliphatic heterocycles. The number of nitrogens with two attached hydrogens (primary N) is 1. The molecule has 0 aromatic carbocycles. The standard InChI is InChI=1S/C14H25N3/c1-12(10-15)6-5-9-17(3)11-14-8-4-7-13(2)16-14/h4,7-8,12H,5-6,9-11,15H2,1-3H3. The highest BCUT2D eigenvalue weighted by Gasteiger charge is 2.03. The maximum atomic E-state index is 5.61. The fourth-order valence-electron chi connectivity index (χ4n) is 1.87. The van der Waals surface area contributed by atoms with Crippen molar-refractivity contribution in [3.8, 4) is 0 Å². The second kappa shape index (κ2) is 7.41. The summed E-state index contributed by atoms with van der Waals surface area (Å²) in [4.78, 5) is 6.84. The van der Waals surface area contributed by atoms with Gasteiger partial charge in [0.2, 0.25) is 0 Å². The molecule has 1 rings (SSSR count). The third kappa shape index (κ3) is 5.80. The lowest BCUT2D eigenvalue weighted by Crippen LogP contribution is -2.21. The summed E-state index contributed by atoms with van der Waals surface area (Å²) >= 11 is 0. The van der Waals surface area contributed by atoms with Crippen LogP contribution in [0.4, 0.5) is 0 Å². The lowest BCUT2D eigenvalue weighted by molar-refractivity contribution is 0.305. The zero-order valence-corrected chi connectivity index (χ0v) is 11.3. The first-order chi connectivity index (χ1) is 8.11. The van der Waals surface area contributed by atoms with E-state index in [1.54, 1.807) is 0 Å². The molecular weight excluding hydrogens is 210 g/mol. The minimum absolute atomic E-state index is 0.639. The Kier molecular flexibility index (Phi) is 6.16. The number of hydrogen-bond acceptors (Lipinski definition) is 3. The number of rotatable bonds is 7. The fourth-order valence-corrected chi connectivity index (χ4v) is 1.87. The van der Waals surface area contributed by atoms with Crippen molar-refractivity contribution in [3.63, 3.8) is 0 Å². The highest BCUT2D eigenvalue weighted by molar-refractivity contribution is 5.09. The third-order valence-corrected chi connectivity index (χ3v) is 3.02. The Labute approximate surface area is 105 Å². The van der Waals surface area contributed by atoms with Gasteiger partial charge in [0.25, 0.3) is 0 Å². The van der Waals surface area contributed by atoms with Crippen molar-refractivity contribution in [2.24, 2.45) is 11.7 Å². The van der Waals surface area contributed by atoms with Gasteiger partial charge in [-0.15, -0.1) is 0 Å². The Balaban J connectivity index is 2.27. The topological polar surface area (TPSA) is 42.1 Å². The van der Waals surface area contributed by atoms with Crippen LogP contribution >= 0.6 is 0 Å². The van der Waals surface area contributed by atoms with Crippen LogP contribution in [0.2, 0.25) is 0 Å². The van der Waals surface area contributed by atoms with Crippen molar-refractivity contribution >= 4 is 0 Å². The van der Waals surface area contributed by atoms with Crippen molar-refractivity contribution in [1.29, 1.82) is 0 Å². The lowest BCUT2D eigenvalue weighted by atomic mass is 10.1. The first kappa shape index (κ1) is 14.1. The molecular formula is C14H25N3. The van der Waals surface area contributed by atoms with Gasteiger partial charge in [0, 0.05) is 12.2 Å². The van der Waals surface area contributed by atoms with Gasteiger partial charge < -0.3 is 10.6 Å². The van der Waals surface area contributed by atoms with Crippen molar-refractivity contribution in [1.82, 2.24) is 9.88 Å². The average Bonchev–Trinajstić information content (AvgIpc) is 2.28. The van der Waals surface area contributed by atoms with E-state index in [2.05, 4.69) is 36.0 Å². The van der Waals surface area contributed by atoms with Crippen LogP contribution in [-0.2, 0) is 6.54 Å². The van der Waals surface area contributed by atoms with Crippen LogP contribution in [0.1, 0.15) is 31.2 Å². The van der Waals surface area contributed by atoms with E-state index in [4.69, 9.17) is 5.73 Å². The summed E-state index contributed by atoms with van der Waals surface area (Å²) in [5.41, 5.74) is 7.85. The Hall–Kier alpha value is -0.930. The Morgan fingerprint density at radius 2 is 2.18 bits per heavy atom. The quantitative estimate of drug-likeness (QED) is 0.788. The molecule has 0 aliphatic carbocycles. The molecule has 2 N–H and O–H groups in total. The van der Waals surface area contributed by atoms with Crippen LogP contribution in [-0.4, -0.2) is 30.0 Å². The average molecular weight is 235 g/mol. The van der Waals surface area contributed by atoms with Crippen molar-refractivity contribution in [2.45, 2.75) is 33.2 Å². The molecule has 1 unspecified atom stereocenters. The molecule has 1 heterocycles. The lowest BCUT2D eigenvalue weighted by Gasteiger charge is -2.17. The summed E-state index contributed by atoms with van der Waals surface area (Å²) in [5.74, 6) is 0.639. The van der Waals surface area contributed by atoms with E-state index in [9.17, 15) is 0 Å². The largest absolute Gasteiger partial charge is 0.330 e. The number of aromatic nitrogens is 1. The minimum Gasteiger partial charge on any atom is -0.330 e. The molecule has 1 aromatic rings. The summed E-state index contributed by atoms with van der Waals surface area (Å²) in [7, 11) is 2.15. The first-order valence-electron chi connectivity index (χ1n) is 6.43. The fraction of sp³-hybridized carbons (Fsp3) is 0.643. The van der Waals surface area contributed by atoms with Crippen LogP contribution in [0.15, 0.2) is 18.2 Å². The summed E-state index contributed by atoms with van der Waals surface area (Å²) in [6.07, 6.45) is 2.42. The van der Waals surface area contributed by atoms with E-state index >= 15 is 0 Å². The van der Waals surface area contributed by atoms with E-state index in [-0.39, 0.29) is 0 Å². The molecule has 1 atom stereocenters. The van der Waals surface area contributed by atoms with E-state index in [0.717, 1.165) is 31.0 Å². The Bertz CT molecular complexity index is 325. The molecule has 0 amide bonds. The van der Waals surface area contributed by atoms with Crippen LogP contribution in [0, 0.1) is 12.8 Å². The first-order valence-corrected chi connectivity index (χ1v) is 6.43. The van der Waals surface area contributed by atoms with Crippen LogP contribution < -0.4 is 5.73 Å². The highest BCUT2D eigenvalue weighted by atomic mass is 15.1. The van der Waals surface area contributed by atoms with E-state index in [1.807, 2.05) is 13.0 Å². The summed E-state index contributed by atoms with van der Waals surface area (Å²) in [5, 5.41) is 0. The van der Waals surface area contributed by atoms with Crippen LogP contribution in [0.25, 0.3) is 0 Å². The highest BCUT2D eigenvalue weighted by Crippen LogP contribution is 2.06. The molecule has 1 aromatic heterocycles. The van der Waals surface area contributed by atoms with Gasteiger partial charge in [-0.25, -0.2) is 0 Å². The van der Waals surface area contributed by atoms with E-state index in [0.29, 0.717) is 5.92 Å². The van der Waals surface area contributed by atoms with Gasteiger partial charge in [-0.2, -0.15) is 0 Å². The maximum absolute atomic E-state index is 5.61. The molecule has 0 bridgehead atoms. The van der Waals surface area contributed by atoms with Gasteiger partial charge in [0.15, 0.2) is 0 Å². The van der Waals surface area contributed by atoms with E-state index in [1.165, 1.54) is 12.8 Å². The minimum atomic E-state index is 0.639. The molecule has 96 valence electrons. The van der Waals surface area contributed by atoms with Crippen LogP contribution in [0.5, 0.6) is 0 Å². The van der Waals surface area contributed by atoms with Gasteiger partial charge >= 0.3 is 0 Å². The second-order valence-electron chi connectivity index (χ2n) is 4.99. The SMILES string of the molecule is Cc1cccc(CN(C)CCCC(C)CN)n1. The van der Waals surface area contributed by atoms with Crippen LogP contribution in [0.3, 0.4) is 0 Å². The Morgan fingerprint density at radius 1 is 1.41 bits per heavy atom. The van der Waals surface area contributed by atoms with Gasteiger partial charge in [-0.3, -0.25) is 4.98 Å². The summed E-state index contributed by atoms with van der Waals surface area (Å²) < 4.78 is 0. The molecule has 3 nitrogen and oxygen atoms in total. The van der Waals surface area contributed by atoms with Gasteiger partial charge in [-0.05, 0) is 58.0 Å². The molecule has 0 saturated carbocycles.